The van der Waals surface area contributed by atoms with E-state index in [4.69, 9.17) is 9.47 Å². The van der Waals surface area contributed by atoms with Crippen LogP contribution >= 0.6 is 11.8 Å². The molecule has 0 heterocycles. The minimum atomic E-state index is -0.805. The van der Waals surface area contributed by atoms with Crippen molar-refractivity contribution in [2.24, 2.45) is 0 Å². The zero-order valence-corrected chi connectivity index (χ0v) is 22.3. The van der Waals surface area contributed by atoms with Gasteiger partial charge in [0.25, 0.3) is 5.91 Å². The van der Waals surface area contributed by atoms with Crippen molar-refractivity contribution < 1.29 is 28.7 Å². The third kappa shape index (κ3) is 10.5. The fourth-order valence-corrected chi connectivity index (χ4v) is 3.99. The number of thioether (sulfide) groups is 1. The lowest BCUT2D eigenvalue weighted by Crippen LogP contribution is -2.48. The molecule has 3 N–H and O–H groups in total. The minimum Gasteiger partial charge on any atom is -0.497 e. The lowest BCUT2D eigenvalue weighted by molar-refractivity contribution is -0.145. The first-order chi connectivity index (χ1) is 17.9. The summed E-state index contributed by atoms with van der Waals surface area (Å²) in [4.78, 5) is 50.0. The van der Waals surface area contributed by atoms with E-state index in [1.807, 2.05) is 36.6 Å². The molecular formula is C27H35N3O6S. The number of ether oxygens (including phenoxy) is 2. The maximum atomic E-state index is 13.0. The van der Waals surface area contributed by atoms with Gasteiger partial charge >= 0.3 is 5.97 Å². The molecule has 0 fully saturated rings. The Bertz CT molecular complexity index is 1020. The Balaban J connectivity index is 1.92. The van der Waals surface area contributed by atoms with E-state index >= 15 is 0 Å². The Morgan fingerprint density at radius 2 is 1.62 bits per heavy atom. The van der Waals surface area contributed by atoms with Gasteiger partial charge in [0.05, 0.1) is 14.2 Å². The molecule has 0 saturated carbocycles. The van der Waals surface area contributed by atoms with E-state index in [1.165, 1.54) is 7.11 Å². The van der Waals surface area contributed by atoms with E-state index in [9.17, 15) is 19.2 Å². The topological polar surface area (TPSA) is 123 Å². The number of carbonyl (C=O) groups excluding carboxylic acids is 4. The second-order valence-corrected chi connectivity index (χ2v) is 9.25. The first-order valence-electron chi connectivity index (χ1n) is 12.0. The van der Waals surface area contributed by atoms with Crippen molar-refractivity contribution in [3.05, 3.63) is 65.7 Å². The van der Waals surface area contributed by atoms with E-state index in [2.05, 4.69) is 16.0 Å². The van der Waals surface area contributed by atoms with Crippen molar-refractivity contribution in [2.75, 3.05) is 32.8 Å². The van der Waals surface area contributed by atoms with Gasteiger partial charge in [-0.2, -0.15) is 11.8 Å². The number of hydrogen-bond acceptors (Lipinski definition) is 7. The van der Waals surface area contributed by atoms with Crippen LogP contribution in [0.4, 0.5) is 0 Å². The van der Waals surface area contributed by atoms with E-state index in [0.717, 1.165) is 5.56 Å². The maximum absolute atomic E-state index is 13.0. The summed E-state index contributed by atoms with van der Waals surface area (Å²) in [5.41, 5.74) is 1.31. The van der Waals surface area contributed by atoms with Gasteiger partial charge in [0.15, 0.2) is 0 Å². The molecule has 200 valence electrons. The Morgan fingerprint density at radius 3 is 2.24 bits per heavy atom. The zero-order valence-electron chi connectivity index (χ0n) is 21.5. The summed E-state index contributed by atoms with van der Waals surface area (Å²) in [6.45, 7) is 0.240. The van der Waals surface area contributed by atoms with E-state index in [1.54, 1.807) is 43.1 Å². The van der Waals surface area contributed by atoms with Crippen LogP contribution in [0.2, 0.25) is 0 Å². The predicted octanol–water partition coefficient (Wildman–Crippen LogP) is 2.34. The molecule has 0 aliphatic heterocycles. The Kier molecular flexibility index (Phi) is 13.1. The van der Waals surface area contributed by atoms with Crippen LogP contribution in [-0.2, 0) is 25.5 Å². The number of carbonyl (C=O) groups is 4. The maximum Gasteiger partial charge on any atom is 0.328 e. The van der Waals surface area contributed by atoms with Crippen LogP contribution in [0.25, 0.3) is 0 Å². The van der Waals surface area contributed by atoms with Gasteiger partial charge in [-0.25, -0.2) is 4.79 Å². The molecule has 0 aromatic heterocycles. The quantitative estimate of drug-likeness (QED) is 0.239. The fraction of sp³-hybridized carbons (Fsp3) is 0.407. The van der Waals surface area contributed by atoms with Crippen LogP contribution in [0, 0.1) is 0 Å². The van der Waals surface area contributed by atoms with Gasteiger partial charge in [-0.1, -0.05) is 30.3 Å². The molecular weight excluding hydrogens is 494 g/mol. The third-order valence-corrected chi connectivity index (χ3v) is 6.21. The lowest BCUT2D eigenvalue weighted by atomic mass is 10.0. The van der Waals surface area contributed by atoms with E-state index in [0.29, 0.717) is 36.3 Å². The van der Waals surface area contributed by atoms with E-state index < -0.39 is 18.1 Å². The highest BCUT2D eigenvalue weighted by molar-refractivity contribution is 7.98. The molecule has 0 saturated heterocycles. The summed E-state index contributed by atoms with van der Waals surface area (Å²) in [6, 6.07) is 14.5. The van der Waals surface area contributed by atoms with Gasteiger partial charge < -0.3 is 25.4 Å². The summed E-state index contributed by atoms with van der Waals surface area (Å²) in [5, 5.41) is 8.31. The molecule has 37 heavy (non-hydrogen) atoms. The second kappa shape index (κ2) is 16.3. The van der Waals surface area contributed by atoms with Gasteiger partial charge in [0.1, 0.15) is 17.8 Å². The van der Waals surface area contributed by atoms with Crippen LogP contribution in [0.1, 0.15) is 35.2 Å². The number of amides is 3. The average Bonchev–Trinajstić information content (AvgIpc) is 2.92. The van der Waals surface area contributed by atoms with Gasteiger partial charge in [-0.05, 0) is 54.7 Å². The number of nitrogens with one attached hydrogen (secondary N) is 3. The number of benzene rings is 2. The van der Waals surface area contributed by atoms with Crippen LogP contribution < -0.4 is 20.7 Å². The summed E-state index contributed by atoms with van der Waals surface area (Å²) in [5.74, 6) is -0.162. The molecule has 2 aromatic rings. The normalized spacial score (nSPS) is 12.1. The lowest BCUT2D eigenvalue weighted by Gasteiger charge is -2.19. The molecule has 0 radical (unpaired) electrons. The predicted molar refractivity (Wildman–Crippen MR) is 144 cm³/mol. The first-order valence-corrected chi connectivity index (χ1v) is 13.4. The zero-order chi connectivity index (χ0) is 27.0. The largest absolute Gasteiger partial charge is 0.497 e. The number of methoxy groups -OCH3 is 2. The molecule has 0 aliphatic rings. The SMILES string of the molecule is COC(=O)C(CCSC)NC(=O)CCCNC(=O)C(Cc1ccccc1)NC(=O)c1ccc(OC)cc1. The van der Waals surface area contributed by atoms with Gasteiger partial charge in [-0.15, -0.1) is 0 Å². The molecule has 2 rings (SSSR count). The summed E-state index contributed by atoms with van der Waals surface area (Å²) < 4.78 is 9.88. The molecule has 0 spiro atoms. The number of esters is 1. The van der Waals surface area contributed by atoms with E-state index in [-0.39, 0.29) is 30.7 Å². The Labute approximate surface area is 222 Å². The molecule has 9 nitrogen and oxygen atoms in total. The second-order valence-electron chi connectivity index (χ2n) is 8.26. The van der Waals surface area contributed by atoms with Crippen molar-refractivity contribution in [3.8, 4) is 5.75 Å². The van der Waals surface area contributed by atoms with Crippen LogP contribution in [0.15, 0.2) is 54.6 Å². The van der Waals surface area contributed by atoms with Crippen molar-refractivity contribution in [1.82, 2.24) is 16.0 Å². The fourth-order valence-electron chi connectivity index (χ4n) is 3.52. The smallest absolute Gasteiger partial charge is 0.328 e. The molecule has 2 unspecified atom stereocenters. The summed E-state index contributed by atoms with van der Waals surface area (Å²) in [6.07, 6.45) is 3.22. The van der Waals surface area contributed by atoms with Gasteiger partial charge in [0.2, 0.25) is 11.8 Å². The van der Waals surface area contributed by atoms with Crippen LogP contribution in [-0.4, -0.2) is 68.5 Å². The highest BCUT2D eigenvalue weighted by atomic mass is 32.2. The van der Waals surface area contributed by atoms with Crippen molar-refractivity contribution >= 4 is 35.5 Å². The van der Waals surface area contributed by atoms with Crippen molar-refractivity contribution in [2.45, 2.75) is 37.8 Å². The number of hydrogen-bond donors (Lipinski definition) is 3. The molecule has 0 aliphatic carbocycles. The first kappa shape index (κ1) is 29.7. The summed E-state index contributed by atoms with van der Waals surface area (Å²) >= 11 is 1.57. The van der Waals surface area contributed by atoms with Gasteiger partial charge in [0, 0.05) is 24.9 Å². The Hall–Kier alpha value is -3.53. The standard InChI is InChI=1S/C27H35N3O6S/c1-35-21-13-11-20(12-14-21)25(32)30-23(18-19-8-5-4-6-9-19)26(33)28-16-7-10-24(31)29-22(15-17-37-3)27(34)36-2/h4-6,8-9,11-14,22-23H,7,10,15-18H2,1-3H3,(H,28,33)(H,29,31)(H,30,32). The van der Waals surface area contributed by atoms with Crippen molar-refractivity contribution in [1.29, 1.82) is 0 Å². The molecule has 2 atom stereocenters. The monoisotopic (exact) mass is 529 g/mol. The van der Waals surface area contributed by atoms with Crippen LogP contribution in [0.5, 0.6) is 5.75 Å². The molecule has 3 amide bonds. The Morgan fingerprint density at radius 1 is 0.919 bits per heavy atom. The number of rotatable bonds is 15. The average molecular weight is 530 g/mol. The summed E-state index contributed by atoms with van der Waals surface area (Å²) in [7, 11) is 2.83. The van der Waals surface area contributed by atoms with Crippen molar-refractivity contribution in [3.63, 3.8) is 0 Å². The highest BCUT2D eigenvalue weighted by Crippen LogP contribution is 2.12. The highest BCUT2D eigenvalue weighted by Gasteiger charge is 2.23. The minimum absolute atomic E-state index is 0.134. The van der Waals surface area contributed by atoms with Crippen LogP contribution in [0.3, 0.4) is 0 Å². The molecule has 10 heteroatoms. The molecule has 0 bridgehead atoms. The molecule has 2 aromatic carbocycles. The van der Waals surface area contributed by atoms with Gasteiger partial charge in [-0.3, -0.25) is 14.4 Å². The third-order valence-electron chi connectivity index (χ3n) is 5.57.